The maximum atomic E-state index is 13.7. The van der Waals surface area contributed by atoms with Gasteiger partial charge in [-0.15, -0.1) is 0 Å². The van der Waals surface area contributed by atoms with Crippen LogP contribution in [0.5, 0.6) is 0 Å². The van der Waals surface area contributed by atoms with Crippen LogP contribution in [0.3, 0.4) is 0 Å². The number of rotatable bonds is 11. The number of hydrogen-bond donors (Lipinski definition) is 4. The van der Waals surface area contributed by atoms with Crippen molar-refractivity contribution in [2.24, 2.45) is 0 Å². The summed E-state index contributed by atoms with van der Waals surface area (Å²) < 4.78 is 30.8. The number of carbonyl (C=O) groups is 2. The van der Waals surface area contributed by atoms with Gasteiger partial charge in [-0.2, -0.15) is 8.42 Å². The largest absolute Gasteiger partial charge is 0.373 e. The van der Waals surface area contributed by atoms with Gasteiger partial charge in [-0.05, 0) is 96.0 Å². The van der Waals surface area contributed by atoms with E-state index in [9.17, 15) is 18.0 Å². The molecular formula is C37H43N3O5S. The Labute approximate surface area is 272 Å². The smallest absolute Gasteiger partial charge is 0.266 e. The average molecular weight is 642 g/mol. The molecule has 1 unspecified atom stereocenters. The van der Waals surface area contributed by atoms with Crippen molar-refractivity contribution < 1.29 is 22.6 Å². The van der Waals surface area contributed by atoms with Crippen LogP contribution in [-0.4, -0.2) is 43.1 Å². The Morgan fingerprint density at radius 2 is 1.37 bits per heavy atom. The zero-order valence-corrected chi connectivity index (χ0v) is 28.1. The second-order valence-corrected chi connectivity index (χ2v) is 14.4. The summed E-state index contributed by atoms with van der Waals surface area (Å²) in [6.07, 6.45) is 0.413. The monoisotopic (exact) mass is 641 g/mol. The van der Waals surface area contributed by atoms with E-state index < -0.39 is 27.8 Å². The summed E-state index contributed by atoms with van der Waals surface area (Å²) in [5.41, 5.74) is 9.80. The van der Waals surface area contributed by atoms with Gasteiger partial charge in [0, 0.05) is 29.9 Å². The zero-order valence-electron chi connectivity index (χ0n) is 27.3. The van der Waals surface area contributed by atoms with Gasteiger partial charge in [0.15, 0.2) is 0 Å². The first kappa shape index (κ1) is 34.4. The van der Waals surface area contributed by atoms with Crippen LogP contribution in [-0.2, 0) is 26.7 Å². The molecule has 0 aliphatic heterocycles. The second-order valence-electron chi connectivity index (χ2n) is 12.8. The molecule has 0 fully saturated rings. The van der Waals surface area contributed by atoms with Crippen molar-refractivity contribution in [3.8, 4) is 11.1 Å². The number of amides is 2. The fourth-order valence-electron chi connectivity index (χ4n) is 5.49. The topological polar surface area (TPSA) is 125 Å². The van der Waals surface area contributed by atoms with Crippen molar-refractivity contribution in [3.05, 3.63) is 118 Å². The van der Waals surface area contributed by atoms with Gasteiger partial charge in [0.2, 0.25) is 5.91 Å². The highest BCUT2D eigenvalue weighted by atomic mass is 32.2. The van der Waals surface area contributed by atoms with Crippen LogP contribution in [0.15, 0.2) is 84.9 Å². The van der Waals surface area contributed by atoms with Gasteiger partial charge in [-0.1, -0.05) is 74.9 Å². The molecule has 0 aliphatic rings. The first-order valence-corrected chi connectivity index (χ1v) is 16.9. The van der Waals surface area contributed by atoms with E-state index in [0.717, 1.165) is 11.1 Å². The Kier molecular flexibility index (Phi) is 10.7. The highest BCUT2D eigenvalue weighted by molar-refractivity contribution is 7.85. The highest BCUT2D eigenvalue weighted by Crippen LogP contribution is 2.29. The number of nitrogens with one attached hydrogen (secondary N) is 3. The summed E-state index contributed by atoms with van der Waals surface area (Å²) in [5, 5.41) is 8.85. The second kappa shape index (κ2) is 14.3. The SMILES string of the molecule is Cc1cc(C)c(-c2ccc(CC(Nc3ccc(C(=O)NCCS(=O)(=O)O)cc3)C(=O)Nc3ccc(C(C)(C)C)cc3)cc2)c(C)c1. The van der Waals surface area contributed by atoms with E-state index in [1.807, 2.05) is 36.4 Å². The van der Waals surface area contributed by atoms with Crippen LogP contribution in [0.4, 0.5) is 11.4 Å². The zero-order chi connectivity index (χ0) is 33.6. The van der Waals surface area contributed by atoms with Crippen LogP contribution in [0.2, 0.25) is 0 Å². The van der Waals surface area contributed by atoms with E-state index in [1.165, 1.54) is 27.8 Å². The Balaban J connectivity index is 1.53. The Bertz CT molecular complexity index is 1770. The number of benzene rings is 4. The number of anilines is 2. The summed E-state index contributed by atoms with van der Waals surface area (Å²) in [6.45, 7) is 12.6. The first-order chi connectivity index (χ1) is 21.6. The van der Waals surface area contributed by atoms with Crippen LogP contribution >= 0.6 is 0 Å². The minimum Gasteiger partial charge on any atom is -0.373 e. The average Bonchev–Trinajstić information content (AvgIpc) is 2.96. The Morgan fingerprint density at radius 3 is 1.91 bits per heavy atom. The lowest BCUT2D eigenvalue weighted by Gasteiger charge is -2.22. The molecule has 0 spiro atoms. The van der Waals surface area contributed by atoms with Crippen molar-refractivity contribution in [3.63, 3.8) is 0 Å². The van der Waals surface area contributed by atoms with E-state index in [4.69, 9.17) is 4.55 Å². The number of aryl methyl sites for hydroxylation is 3. The van der Waals surface area contributed by atoms with Gasteiger partial charge in [-0.3, -0.25) is 14.1 Å². The van der Waals surface area contributed by atoms with Crippen molar-refractivity contribution in [1.29, 1.82) is 0 Å². The predicted molar refractivity (Wildman–Crippen MR) is 186 cm³/mol. The molecule has 0 heterocycles. The molecule has 1 atom stereocenters. The van der Waals surface area contributed by atoms with E-state index in [-0.39, 0.29) is 17.9 Å². The maximum absolute atomic E-state index is 13.7. The molecule has 0 aliphatic carbocycles. The van der Waals surface area contributed by atoms with Crippen molar-refractivity contribution in [2.75, 3.05) is 22.9 Å². The van der Waals surface area contributed by atoms with E-state index >= 15 is 0 Å². The van der Waals surface area contributed by atoms with Gasteiger partial charge in [0.05, 0.1) is 5.75 Å². The summed E-state index contributed by atoms with van der Waals surface area (Å²) in [6, 6.07) is 26.4. The van der Waals surface area contributed by atoms with Gasteiger partial charge < -0.3 is 16.0 Å². The van der Waals surface area contributed by atoms with Gasteiger partial charge in [-0.25, -0.2) is 0 Å². The molecule has 0 bridgehead atoms. The third kappa shape index (κ3) is 9.52. The van der Waals surface area contributed by atoms with Crippen LogP contribution in [0.1, 0.15) is 58.9 Å². The Hall–Kier alpha value is -4.47. The molecule has 0 saturated heterocycles. The van der Waals surface area contributed by atoms with Crippen LogP contribution in [0.25, 0.3) is 11.1 Å². The van der Waals surface area contributed by atoms with Crippen LogP contribution in [0, 0.1) is 20.8 Å². The van der Waals surface area contributed by atoms with E-state index in [1.54, 1.807) is 24.3 Å². The van der Waals surface area contributed by atoms with Gasteiger partial charge in [0.1, 0.15) is 6.04 Å². The molecule has 242 valence electrons. The molecule has 46 heavy (non-hydrogen) atoms. The Morgan fingerprint density at radius 1 is 0.804 bits per heavy atom. The molecular weight excluding hydrogens is 598 g/mol. The summed E-state index contributed by atoms with van der Waals surface area (Å²) in [4.78, 5) is 26.1. The molecule has 9 heteroatoms. The predicted octanol–water partition coefficient (Wildman–Crippen LogP) is 6.86. The standard InChI is InChI=1S/C37H43N3O5S/c1-24-21-25(2)34(26(3)22-24)28-9-7-27(8-10-28)23-33(36(42)40-32-17-13-30(14-18-32)37(4,5)6)39-31-15-11-29(12-16-31)35(41)38-19-20-46(43,44)45/h7-18,21-22,33,39H,19-20,23H2,1-6H3,(H,38,41)(H,40,42)(H,43,44,45). The molecule has 2 amide bonds. The summed E-state index contributed by atoms with van der Waals surface area (Å²) >= 11 is 0. The fourth-order valence-corrected chi connectivity index (χ4v) is 5.85. The van der Waals surface area contributed by atoms with Crippen molar-refractivity contribution in [1.82, 2.24) is 5.32 Å². The summed E-state index contributed by atoms with van der Waals surface area (Å²) in [7, 11) is -4.17. The third-order valence-corrected chi connectivity index (χ3v) is 8.55. The normalized spacial score (nSPS) is 12.3. The molecule has 0 radical (unpaired) electrons. The van der Waals surface area contributed by atoms with Crippen molar-refractivity contribution in [2.45, 2.75) is 59.4 Å². The molecule has 4 N–H and O–H groups in total. The van der Waals surface area contributed by atoms with Crippen molar-refractivity contribution >= 4 is 33.3 Å². The van der Waals surface area contributed by atoms with Gasteiger partial charge >= 0.3 is 0 Å². The lowest BCUT2D eigenvalue weighted by atomic mass is 9.87. The third-order valence-electron chi connectivity index (χ3n) is 7.83. The molecule has 0 aromatic heterocycles. The minimum atomic E-state index is -4.17. The number of carbonyl (C=O) groups excluding carboxylic acids is 2. The minimum absolute atomic E-state index is 0.00590. The highest BCUT2D eigenvalue weighted by Gasteiger charge is 2.21. The number of hydrogen-bond acceptors (Lipinski definition) is 5. The lowest BCUT2D eigenvalue weighted by Crippen LogP contribution is -2.36. The summed E-state index contributed by atoms with van der Waals surface area (Å²) in [5.74, 6) is -1.24. The van der Waals surface area contributed by atoms with Crippen LogP contribution < -0.4 is 16.0 Å². The van der Waals surface area contributed by atoms with Gasteiger partial charge in [0.25, 0.3) is 16.0 Å². The molecule has 4 rings (SSSR count). The molecule has 4 aromatic rings. The molecule has 8 nitrogen and oxygen atoms in total. The maximum Gasteiger partial charge on any atom is 0.266 e. The lowest BCUT2D eigenvalue weighted by molar-refractivity contribution is -0.116. The quantitative estimate of drug-likeness (QED) is 0.133. The van der Waals surface area contributed by atoms with E-state index in [2.05, 4.69) is 81.8 Å². The molecule has 0 saturated carbocycles. The van der Waals surface area contributed by atoms with E-state index in [0.29, 0.717) is 23.4 Å². The fraction of sp³-hybridized carbons (Fsp3) is 0.297. The molecule has 4 aromatic carbocycles. The first-order valence-electron chi connectivity index (χ1n) is 15.3.